The molecule has 0 saturated carbocycles. The average molecular weight is 190 g/mol. The number of anilines is 1. The topological polar surface area (TPSA) is 66.0 Å². The summed E-state index contributed by atoms with van der Waals surface area (Å²) < 4.78 is 6.72. The van der Waals surface area contributed by atoms with E-state index >= 15 is 0 Å². The third-order valence-electron chi connectivity index (χ3n) is 1.79. The zero-order chi connectivity index (χ0) is 9.97. The molecular weight excluding hydrogens is 180 g/mol. The molecular formula is C9H10N4O. The van der Waals surface area contributed by atoms with Gasteiger partial charge in [0.25, 0.3) is 0 Å². The summed E-state index contributed by atoms with van der Waals surface area (Å²) in [7, 11) is 1.59. The Kier molecular flexibility index (Phi) is 2.06. The molecule has 5 nitrogen and oxygen atoms in total. The molecule has 0 bridgehead atoms. The highest BCUT2D eigenvalue weighted by molar-refractivity contribution is 5.42. The first-order chi connectivity index (χ1) is 6.81. The van der Waals surface area contributed by atoms with Crippen molar-refractivity contribution in [3.8, 4) is 11.6 Å². The molecule has 0 amide bonds. The predicted molar refractivity (Wildman–Crippen MR) is 52.3 cm³/mol. The Morgan fingerprint density at radius 3 is 3.00 bits per heavy atom. The average Bonchev–Trinajstić information content (AvgIpc) is 2.65. The van der Waals surface area contributed by atoms with Crippen LogP contribution in [0.1, 0.15) is 0 Å². The van der Waals surface area contributed by atoms with Crippen LogP contribution in [0.2, 0.25) is 0 Å². The lowest BCUT2D eigenvalue weighted by Crippen LogP contribution is -2.00. The number of nitrogen functional groups attached to an aromatic ring is 1. The Balaban J connectivity index is 2.50. The van der Waals surface area contributed by atoms with Gasteiger partial charge in [0.2, 0.25) is 0 Å². The Labute approximate surface area is 81.1 Å². The van der Waals surface area contributed by atoms with Crippen LogP contribution in [0, 0.1) is 0 Å². The van der Waals surface area contributed by atoms with E-state index in [2.05, 4.69) is 10.1 Å². The van der Waals surface area contributed by atoms with E-state index in [1.807, 2.05) is 6.07 Å². The number of aromatic nitrogens is 3. The second-order valence-electron chi connectivity index (χ2n) is 2.75. The number of hydrogen-bond acceptors (Lipinski definition) is 4. The van der Waals surface area contributed by atoms with Crippen molar-refractivity contribution in [2.75, 3.05) is 12.8 Å². The maximum absolute atomic E-state index is 5.56. The molecule has 0 unspecified atom stereocenters. The Morgan fingerprint density at radius 2 is 2.36 bits per heavy atom. The van der Waals surface area contributed by atoms with Crippen molar-refractivity contribution in [3.63, 3.8) is 0 Å². The molecule has 2 N–H and O–H groups in total. The largest absolute Gasteiger partial charge is 0.493 e. The van der Waals surface area contributed by atoms with E-state index in [0.717, 1.165) is 0 Å². The van der Waals surface area contributed by atoms with Crippen LogP contribution in [0.25, 0.3) is 5.82 Å². The molecule has 2 aromatic rings. The fraction of sp³-hybridized carbons (Fsp3) is 0.111. The predicted octanol–water partition coefficient (Wildman–Crippen LogP) is 0.858. The lowest BCUT2D eigenvalue weighted by atomic mass is 10.4. The monoisotopic (exact) mass is 190 g/mol. The Bertz CT molecular complexity index is 438. The van der Waals surface area contributed by atoms with Gasteiger partial charge in [-0.2, -0.15) is 5.10 Å². The number of methoxy groups -OCH3 is 1. The maximum atomic E-state index is 5.56. The van der Waals surface area contributed by atoms with E-state index in [-0.39, 0.29) is 0 Å². The van der Waals surface area contributed by atoms with Gasteiger partial charge in [-0.3, -0.25) is 0 Å². The molecule has 0 radical (unpaired) electrons. The van der Waals surface area contributed by atoms with E-state index in [9.17, 15) is 0 Å². The van der Waals surface area contributed by atoms with Crippen molar-refractivity contribution in [2.24, 2.45) is 0 Å². The summed E-state index contributed by atoms with van der Waals surface area (Å²) in [5.41, 5.74) is 6.15. The first-order valence-electron chi connectivity index (χ1n) is 4.11. The number of nitrogens with two attached hydrogens (primary N) is 1. The summed E-state index contributed by atoms with van der Waals surface area (Å²) in [5.74, 6) is 1.29. The molecule has 0 aliphatic carbocycles. The number of ether oxygens (including phenoxy) is 1. The van der Waals surface area contributed by atoms with Crippen LogP contribution in [0.4, 0.5) is 5.69 Å². The van der Waals surface area contributed by atoms with Gasteiger partial charge >= 0.3 is 0 Å². The summed E-state index contributed by atoms with van der Waals surface area (Å²) in [6.07, 6.45) is 4.93. The second kappa shape index (κ2) is 3.37. The molecule has 0 aromatic carbocycles. The number of rotatable bonds is 2. The van der Waals surface area contributed by atoms with Crippen LogP contribution in [0.3, 0.4) is 0 Å². The van der Waals surface area contributed by atoms with Crippen LogP contribution in [-0.2, 0) is 0 Å². The normalized spacial score (nSPS) is 10.1. The molecule has 2 aromatic heterocycles. The highest BCUT2D eigenvalue weighted by Gasteiger charge is 2.06. The zero-order valence-corrected chi connectivity index (χ0v) is 7.71. The van der Waals surface area contributed by atoms with E-state index in [0.29, 0.717) is 17.3 Å². The van der Waals surface area contributed by atoms with Gasteiger partial charge in [0.1, 0.15) is 0 Å². The summed E-state index contributed by atoms with van der Waals surface area (Å²) in [5, 5.41) is 4.04. The lowest BCUT2D eigenvalue weighted by Gasteiger charge is -2.05. The van der Waals surface area contributed by atoms with Crippen LogP contribution < -0.4 is 10.5 Å². The van der Waals surface area contributed by atoms with Crippen LogP contribution in [0.15, 0.2) is 30.7 Å². The quantitative estimate of drug-likeness (QED) is 0.762. The van der Waals surface area contributed by atoms with Gasteiger partial charge in [0, 0.05) is 6.20 Å². The minimum atomic E-state index is 0.595. The van der Waals surface area contributed by atoms with E-state index in [1.54, 1.807) is 36.4 Å². The third kappa shape index (κ3) is 1.39. The Morgan fingerprint density at radius 1 is 1.50 bits per heavy atom. The van der Waals surface area contributed by atoms with Crippen molar-refractivity contribution in [2.45, 2.75) is 0 Å². The van der Waals surface area contributed by atoms with Gasteiger partial charge in [-0.15, -0.1) is 0 Å². The third-order valence-corrected chi connectivity index (χ3v) is 1.79. The van der Waals surface area contributed by atoms with Crippen LogP contribution >= 0.6 is 0 Å². The smallest absolute Gasteiger partial charge is 0.196 e. The van der Waals surface area contributed by atoms with Crippen LogP contribution in [0.5, 0.6) is 5.75 Å². The molecule has 0 saturated heterocycles. The minimum absolute atomic E-state index is 0.595. The maximum Gasteiger partial charge on any atom is 0.196 e. The standard InChI is InChI=1S/C9H10N4O/c1-14-8-3-2-4-11-9(8)13-6-7(10)5-12-13/h2-6H,10H2,1H3. The molecule has 0 aliphatic heterocycles. The zero-order valence-electron chi connectivity index (χ0n) is 7.71. The second-order valence-corrected chi connectivity index (χ2v) is 2.75. The van der Waals surface area contributed by atoms with Gasteiger partial charge in [0.05, 0.1) is 25.2 Å². The fourth-order valence-electron chi connectivity index (χ4n) is 1.17. The van der Waals surface area contributed by atoms with Crippen molar-refractivity contribution in [1.29, 1.82) is 0 Å². The van der Waals surface area contributed by atoms with Crippen molar-refractivity contribution >= 4 is 5.69 Å². The molecule has 72 valence electrons. The molecule has 0 spiro atoms. The van der Waals surface area contributed by atoms with Crippen LogP contribution in [-0.4, -0.2) is 21.9 Å². The highest BCUT2D eigenvalue weighted by atomic mass is 16.5. The summed E-state index contributed by atoms with van der Waals surface area (Å²) >= 11 is 0. The summed E-state index contributed by atoms with van der Waals surface area (Å²) in [6.45, 7) is 0. The van der Waals surface area contributed by atoms with E-state index in [1.165, 1.54) is 0 Å². The first kappa shape index (κ1) is 8.55. The fourth-order valence-corrected chi connectivity index (χ4v) is 1.17. The van der Waals surface area contributed by atoms with E-state index in [4.69, 9.17) is 10.5 Å². The van der Waals surface area contributed by atoms with Crippen molar-refractivity contribution < 1.29 is 4.74 Å². The number of pyridine rings is 1. The van der Waals surface area contributed by atoms with Gasteiger partial charge in [-0.05, 0) is 12.1 Å². The molecule has 2 rings (SSSR count). The molecule has 0 atom stereocenters. The Hall–Kier alpha value is -2.04. The van der Waals surface area contributed by atoms with Crippen molar-refractivity contribution in [3.05, 3.63) is 30.7 Å². The minimum Gasteiger partial charge on any atom is -0.493 e. The first-order valence-corrected chi connectivity index (χ1v) is 4.11. The molecule has 14 heavy (non-hydrogen) atoms. The molecule has 5 heteroatoms. The summed E-state index contributed by atoms with van der Waals surface area (Å²) in [6, 6.07) is 3.62. The molecule has 2 heterocycles. The summed E-state index contributed by atoms with van der Waals surface area (Å²) in [4.78, 5) is 4.15. The van der Waals surface area contributed by atoms with Gasteiger partial charge in [0.15, 0.2) is 11.6 Å². The van der Waals surface area contributed by atoms with E-state index < -0.39 is 0 Å². The number of hydrogen-bond donors (Lipinski definition) is 1. The lowest BCUT2D eigenvalue weighted by molar-refractivity contribution is 0.409. The number of nitrogens with zero attached hydrogens (tertiary/aromatic N) is 3. The van der Waals surface area contributed by atoms with Gasteiger partial charge in [-0.1, -0.05) is 0 Å². The van der Waals surface area contributed by atoms with Crippen molar-refractivity contribution in [1.82, 2.24) is 14.8 Å². The molecule has 0 aliphatic rings. The SMILES string of the molecule is COc1cccnc1-n1cc(N)cn1. The highest BCUT2D eigenvalue weighted by Crippen LogP contribution is 2.18. The van der Waals surface area contributed by atoms with Gasteiger partial charge < -0.3 is 10.5 Å². The van der Waals surface area contributed by atoms with Gasteiger partial charge in [-0.25, -0.2) is 9.67 Å². The molecule has 0 fully saturated rings.